The molecule has 0 saturated heterocycles. The number of hydrogen-bond acceptors (Lipinski definition) is 7. The maximum atomic E-state index is 10.9. The van der Waals surface area contributed by atoms with Crippen molar-refractivity contribution in [2.75, 3.05) is 0 Å². The second-order valence-corrected chi connectivity index (χ2v) is 6.20. The topological polar surface area (TPSA) is 118 Å². The summed E-state index contributed by atoms with van der Waals surface area (Å²) in [6.45, 7) is 0. The van der Waals surface area contributed by atoms with Crippen molar-refractivity contribution in [1.82, 2.24) is 0 Å². The Labute approximate surface area is 137 Å². The molecular weight excluding hydrogens is 344 g/mol. The third kappa shape index (κ3) is 4.24. The molecule has 0 spiro atoms. The Morgan fingerprint density at radius 2 is 1.83 bits per heavy atom. The minimum Gasteiger partial charge on any atom is -0.481 e. The van der Waals surface area contributed by atoms with E-state index in [0.717, 1.165) is 16.9 Å². The summed E-state index contributed by atoms with van der Waals surface area (Å²) in [5, 5.41) is 20.3. The SMILES string of the molecule is O=C(O)Cc1ccsc1C(=O)O.O=C1Cc2ccsc2C(=O)O1. The van der Waals surface area contributed by atoms with E-state index in [1.54, 1.807) is 16.8 Å². The number of carbonyl (C=O) groups excluding carboxylic acids is 2. The Kier molecular flexibility index (Phi) is 5.24. The van der Waals surface area contributed by atoms with Crippen molar-refractivity contribution in [3.8, 4) is 0 Å². The van der Waals surface area contributed by atoms with E-state index < -0.39 is 23.9 Å². The summed E-state index contributed by atoms with van der Waals surface area (Å²) in [5.74, 6) is -3.05. The van der Waals surface area contributed by atoms with E-state index in [9.17, 15) is 19.2 Å². The summed E-state index contributed by atoms with van der Waals surface area (Å²) < 4.78 is 4.40. The van der Waals surface area contributed by atoms with Gasteiger partial charge in [0.15, 0.2) is 0 Å². The molecule has 0 radical (unpaired) electrons. The lowest BCUT2D eigenvalue weighted by Gasteiger charge is -2.07. The fourth-order valence-corrected chi connectivity index (χ4v) is 3.38. The van der Waals surface area contributed by atoms with Crippen molar-refractivity contribution in [1.29, 1.82) is 0 Å². The molecule has 0 atom stereocenters. The van der Waals surface area contributed by atoms with Gasteiger partial charge in [0.05, 0.1) is 12.8 Å². The van der Waals surface area contributed by atoms with Crippen molar-refractivity contribution in [3.05, 3.63) is 43.8 Å². The van der Waals surface area contributed by atoms with Crippen LogP contribution in [0.15, 0.2) is 22.9 Å². The highest BCUT2D eigenvalue weighted by Crippen LogP contribution is 2.22. The molecule has 0 fully saturated rings. The molecule has 2 aromatic heterocycles. The summed E-state index contributed by atoms with van der Waals surface area (Å²) in [4.78, 5) is 43.0. The Balaban J connectivity index is 0.000000167. The average Bonchev–Trinajstić information content (AvgIpc) is 3.07. The molecule has 9 heteroatoms. The molecule has 0 unspecified atom stereocenters. The highest BCUT2D eigenvalue weighted by Gasteiger charge is 2.25. The van der Waals surface area contributed by atoms with Gasteiger partial charge in [-0.3, -0.25) is 9.59 Å². The minimum absolute atomic E-state index is 0.109. The van der Waals surface area contributed by atoms with Crippen LogP contribution in [0.1, 0.15) is 30.5 Å². The fraction of sp³-hybridized carbons (Fsp3) is 0.143. The van der Waals surface area contributed by atoms with E-state index in [-0.39, 0.29) is 17.7 Å². The van der Waals surface area contributed by atoms with Crippen molar-refractivity contribution < 1.29 is 34.1 Å². The van der Waals surface area contributed by atoms with Crippen molar-refractivity contribution in [3.63, 3.8) is 0 Å². The smallest absolute Gasteiger partial charge is 0.356 e. The van der Waals surface area contributed by atoms with Crippen molar-refractivity contribution >= 4 is 46.6 Å². The first kappa shape index (κ1) is 16.8. The number of thiophene rings is 2. The maximum Gasteiger partial charge on any atom is 0.356 e. The van der Waals surface area contributed by atoms with Crippen LogP contribution in [-0.2, 0) is 27.2 Å². The molecule has 7 nitrogen and oxygen atoms in total. The van der Waals surface area contributed by atoms with Crippen LogP contribution in [0.3, 0.4) is 0 Å². The van der Waals surface area contributed by atoms with Gasteiger partial charge >= 0.3 is 23.9 Å². The number of ether oxygens (including phenoxy) is 1. The van der Waals surface area contributed by atoms with Gasteiger partial charge in [-0.25, -0.2) is 9.59 Å². The molecule has 2 aromatic rings. The second-order valence-electron chi connectivity index (χ2n) is 4.36. The van der Waals surface area contributed by atoms with E-state index in [2.05, 4.69) is 4.74 Å². The van der Waals surface area contributed by atoms with Gasteiger partial charge in [-0.1, -0.05) is 0 Å². The number of fused-ring (bicyclic) bond motifs is 1. The van der Waals surface area contributed by atoms with Gasteiger partial charge in [0.25, 0.3) is 0 Å². The summed E-state index contributed by atoms with van der Waals surface area (Å²) in [5.41, 5.74) is 1.15. The zero-order chi connectivity index (χ0) is 17.0. The number of cyclic esters (lactones) is 2. The Hall–Kier alpha value is -2.52. The van der Waals surface area contributed by atoms with Crippen LogP contribution in [0.4, 0.5) is 0 Å². The van der Waals surface area contributed by atoms with Crippen LogP contribution in [-0.4, -0.2) is 34.1 Å². The van der Waals surface area contributed by atoms with E-state index in [1.807, 2.05) is 0 Å². The normalized spacial score (nSPS) is 12.7. The Morgan fingerprint density at radius 1 is 1.13 bits per heavy atom. The maximum absolute atomic E-state index is 10.9. The molecule has 3 rings (SSSR count). The lowest BCUT2D eigenvalue weighted by Crippen LogP contribution is -2.20. The number of rotatable bonds is 3. The van der Waals surface area contributed by atoms with E-state index in [4.69, 9.17) is 10.2 Å². The molecule has 0 aromatic carbocycles. The van der Waals surface area contributed by atoms with Gasteiger partial charge in [0, 0.05) is 0 Å². The summed E-state index contributed by atoms with van der Waals surface area (Å²) >= 11 is 2.35. The molecule has 0 saturated carbocycles. The lowest BCUT2D eigenvalue weighted by molar-refractivity contribution is -0.138. The molecule has 120 valence electrons. The molecule has 2 N–H and O–H groups in total. The first-order chi connectivity index (χ1) is 10.9. The number of hydrogen-bond donors (Lipinski definition) is 2. The second kappa shape index (κ2) is 7.16. The van der Waals surface area contributed by atoms with Crippen LogP contribution in [0.2, 0.25) is 0 Å². The van der Waals surface area contributed by atoms with E-state index in [0.29, 0.717) is 10.4 Å². The molecular formula is C14H10O7S2. The van der Waals surface area contributed by atoms with Gasteiger partial charge < -0.3 is 14.9 Å². The summed E-state index contributed by atoms with van der Waals surface area (Å²) in [6, 6.07) is 3.29. The standard InChI is InChI=1S/C7H6O4S.C7H4O3S/c8-5(9)3-4-1-2-12-6(4)7(10)11;8-5-3-4-1-2-11-6(4)7(9)10-5/h1-2H,3H2,(H,8,9)(H,10,11);1-2H,3H2. The quantitative estimate of drug-likeness (QED) is 0.640. The molecule has 0 bridgehead atoms. The number of carboxylic acid groups (broad SMARTS) is 2. The van der Waals surface area contributed by atoms with Gasteiger partial charge in [0.2, 0.25) is 0 Å². The first-order valence-electron chi connectivity index (χ1n) is 6.21. The highest BCUT2D eigenvalue weighted by atomic mass is 32.1. The summed E-state index contributed by atoms with van der Waals surface area (Å²) in [6.07, 6.45) is -0.00426. The van der Waals surface area contributed by atoms with Gasteiger partial charge in [-0.15, -0.1) is 22.7 Å². The predicted molar refractivity (Wildman–Crippen MR) is 81.1 cm³/mol. The van der Waals surface area contributed by atoms with Crippen LogP contribution < -0.4 is 0 Å². The number of carbonyl (C=O) groups is 4. The number of aliphatic carboxylic acids is 1. The number of esters is 2. The average molecular weight is 354 g/mol. The molecule has 3 heterocycles. The third-order valence-corrected chi connectivity index (χ3v) is 4.64. The van der Waals surface area contributed by atoms with E-state index >= 15 is 0 Å². The Bertz CT molecular complexity index is 772. The molecule has 1 aliphatic rings. The van der Waals surface area contributed by atoms with Crippen molar-refractivity contribution in [2.45, 2.75) is 12.8 Å². The molecule has 23 heavy (non-hydrogen) atoms. The van der Waals surface area contributed by atoms with Gasteiger partial charge in [0.1, 0.15) is 9.75 Å². The predicted octanol–water partition coefficient (Wildman–Crippen LogP) is 2.06. The zero-order valence-electron chi connectivity index (χ0n) is 11.5. The zero-order valence-corrected chi connectivity index (χ0v) is 13.1. The van der Waals surface area contributed by atoms with Crippen LogP contribution >= 0.6 is 22.7 Å². The van der Waals surface area contributed by atoms with E-state index in [1.165, 1.54) is 17.4 Å². The molecule has 0 aliphatic carbocycles. The minimum atomic E-state index is -1.07. The van der Waals surface area contributed by atoms with Gasteiger partial charge in [-0.2, -0.15) is 0 Å². The molecule has 1 aliphatic heterocycles. The van der Waals surface area contributed by atoms with Crippen LogP contribution in [0.25, 0.3) is 0 Å². The van der Waals surface area contributed by atoms with Crippen LogP contribution in [0.5, 0.6) is 0 Å². The Morgan fingerprint density at radius 3 is 2.48 bits per heavy atom. The largest absolute Gasteiger partial charge is 0.481 e. The number of aromatic carboxylic acids is 1. The van der Waals surface area contributed by atoms with Gasteiger partial charge in [-0.05, 0) is 34.0 Å². The highest BCUT2D eigenvalue weighted by molar-refractivity contribution is 7.12. The first-order valence-corrected chi connectivity index (χ1v) is 7.97. The van der Waals surface area contributed by atoms with Crippen molar-refractivity contribution in [2.24, 2.45) is 0 Å². The summed E-state index contributed by atoms with van der Waals surface area (Å²) in [7, 11) is 0. The number of carboxylic acids is 2. The fourth-order valence-electron chi connectivity index (χ4n) is 1.82. The third-order valence-electron chi connectivity index (χ3n) is 2.76. The molecule has 0 amide bonds. The monoisotopic (exact) mass is 354 g/mol. The lowest BCUT2D eigenvalue weighted by atomic mass is 10.1. The van der Waals surface area contributed by atoms with Crippen LogP contribution in [0, 0.1) is 0 Å².